The van der Waals surface area contributed by atoms with Crippen molar-refractivity contribution in [1.29, 1.82) is 0 Å². The molecule has 108 valence electrons. The monoisotopic (exact) mass is 280 g/mol. The quantitative estimate of drug-likeness (QED) is 0.788. The van der Waals surface area contributed by atoms with Crippen LogP contribution in [0.4, 0.5) is 5.69 Å². The molecule has 0 saturated heterocycles. The number of anilines is 1. The lowest BCUT2D eigenvalue weighted by Gasteiger charge is -2.17. The van der Waals surface area contributed by atoms with Crippen molar-refractivity contribution in [3.63, 3.8) is 0 Å². The predicted octanol–water partition coefficient (Wildman–Crippen LogP) is 3.81. The van der Waals surface area contributed by atoms with Crippen molar-refractivity contribution < 1.29 is 4.42 Å². The second-order valence-corrected chi connectivity index (χ2v) is 5.39. The summed E-state index contributed by atoms with van der Waals surface area (Å²) in [4.78, 5) is 2.10. The summed E-state index contributed by atoms with van der Waals surface area (Å²) in [5.41, 5.74) is 3.32. The van der Waals surface area contributed by atoms with E-state index in [9.17, 15) is 0 Å². The third-order valence-corrected chi connectivity index (χ3v) is 3.76. The topological polar surface area (TPSA) is 28.4 Å². The van der Waals surface area contributed by atoms with Crippen molar-refractivity contribution in [2.45, 2.75) is 6.04 Å². The van der Waals surface area contributed by atoms with Crippen LogP contribution in [-0.2, 0) is 0 Å². The van der Waals surface area contributed by atoms with Gasteiger partial charge in [0.15, 0.2) is 0 Å². The van der Waals surface area contributed by atoms with Gasteiger partial charge in [-0.15, -0.1) is 0 Å². The summed E-state index contributed by atoms with van der Waals surface area (Å²) >= 11 is 0. The minimum atomic E-state index is 0.0635. The number of hydrogen-bond acceptors (Lipinski definition) is 3. The molecular formula is C18H20N2O. The minimum absolute atomic E-state index is 0.0635. The molecule has 1 atom stereocenters. The third kappa shape index (κ3) is 2.65. The lowest BCUT2D eigenvalue weighted by atomic mass is 10.0. The van der Waals surface area contributed by atoms with E-state index in [-0.39, 0.29) is 6.04 Å². The highest BCUT2D eigenvalue weighted by atomic mass is 16.3. The number of nitrogens with one attached hydrogen (secondary N) is 1. The summed E-state index contributed by atoms with van der Waals surface area (Å²) in [6.45, 7) is 0. The standard InChI is InChI=1S/C18H20N2O/c1-19-18(13-8-10-15(11-9-13)20(2)3)17-12-14-6-4-5-7-16(14)21-17/h4-12,18-19H,1-3H3. The first-order valence-electron chi connectivity index (χ1n) is 7.12. The van der Waals surface area contributed by atoms with Crippen molar-refractivity contribution in [2.24, 2.45) is 0 Å². The molecule has 0 spiro atoms. The Morgan fingerprint density at radius 2 is 1.71 bits per heavy atom. The Kier molecular flexibility index (Phi) is 3.67. The van der Waals surface area contributed by atoms with Crippen LogP contribution in [0.25, 0.3) is 11.0 Å². The summed E-state index contributed by atoms with van der Waals surface area (Å²) in [5.74, 6) is 0.941. The number of rotatable bonds is 4. The number of furan rings is 1. The molecular weight excluding hydrogens is 260 g/mol. The molecule has 0 saturated carbocycles. The summed E-state index contributed by atoms with van der Waals surface area (Å²) < 4.78 is 5.98. The number of fused-ring (bicyclic) bond motifs is 1. The van der Waals surface area contributed by atoms with E-state index >= 15 is 0 Å². The first-order chi connectivity index (χ1) is 10.2. The van der Waals surface area contributed by atoms with E-state index in [2.05, 4.69) is 46.6 Å². The maximum absolute atomic E-state index is 5.98. The van der Waals surface area contributed by atoms with Gasteiger partial charge in [-0.1, -0.05) is 30.3 Å². The van der Waals surface area contributed by atoms with Crippen molar-refractivity contribution >= 4 is 16.7 Å². The SMILES string of the molecule is CNC(c1ccc(N(C)C)cc1)c1cc2ccccc2o1. The molecule has 1 N–H and O–H groups in total. The zero-order chi connectivity index (χ0) is 14.8. The van der Waals surface area contributed by atoms with Crippen LogP contribution in [-0.4, -0.2) is 21.1 Å². The van der Waals surface area contributed by atoms with Crippen LogP contribution in [0.3, 0.4) is 0 Å². The summed E-state index contributed by atoms with van der Waals surface area (Å²) in [5, 5.41) is 4.47. The van der Waals surface area contributed by atoms with Gasteiger partial charge in [0.1, 0.15) is 11.3 Å². The highest BCUT2D eigenvalue weighted by molar-refractivity contribution is 5.78. The van der Waals surface area contributed by atoms with E-state index in [1.165, 1.54) is 11.3 Å². The van der Waals surface area contributed by atoms with Crippen LogP contribution in [0.1, 0.15) is 17.4 Å². The van der Waals surface area contributed by atoms with Crippen LogP contribution in [0, 0.1) is 0 Å². The molecule has 0 aliphatic heterocycles. The van der Waals surface area contributed by atoms with Gasteiger partial charge in [-0.05, 0) is 36.9 Å². The minimum Gasteiger partial charge on any atom is -0.459 e. The predicted molar refractivity (Wildman–Crippen MR) is 87.9 cm³/mol. The molecule has 0 amide bonds. The molecule has 0 radical (unpaired) electrons. The van der Waals surface area contributed by atoms with Crippen LogP contribution in [0.2, 0.25) is 0 Å². The lowest BCUT2D eigenvalue weighted by Crippen LogP contribution is -2.17. The van der Waals surface area contributed by atoms with E-state index in [0.717, 1.165) is 16.7 Å². The van der Waals surface area contributed by atoms with Gasteiger partial charge in [0, 0.05) is 25.2 Å². The van der Waals surface area contributed by atoms with E-state index in [4.69, 9.17) is 4.42 Å². The Morgan fingerprint density at radius 3 is 2.33 bits per heavy atom. The molecule has 3 aromatic rings. The highest BCUT2D eigenvalue weighted by Gasteiger charge is 2.16. The molecule has 2 aromatic carbocycles. The van der Waals surface area contributed by atoms with E-state index in [1.54, 1.807) is 0 Å². The van der Waals surface area contributed by atoms with Gasteiger partial charge in [0.05, 0.1) is 6.04 Å². The normalized spacial score (nSPS) is 12.5. The average molecular weight is 280 g/mol. The Bertz CT molecular complexity index is 695. The fourth-order valence-corrected chi connectivity index (χ4v) is 2.58. The second-order valence-electron chi connectivity index (χ2n) is 5.39. The molecule has 3 heteroatoms. The fraction of sp³-hybridized carbons (Fsp3) is 0.222. The molecule has 0 bridgehead atoms. The van der Waals surface area contributed by atoms with E-state index < -0.39 is 0 Å². The summed E-state index contributed by atoms with van der Waals surface area (Å²) in [7, 11) is 6.05. The van der Waals surface area contributed by atoms with Crippen LogP contribution >= 0.6 is 0 Å². The highest BCUT2D eigenvalue weighted by Crippen LogP contribution is 2.28. The second kappa shape index (κ2) is 5.62. The molecule has 21 heavy (non-hydrogen) atoms. The molecule has 1 unspecified atom stereocenters. The zero-order valence-electron chi connectivity index (χ0n) is 12.6. The molecule has 3 nitrogen and oxygen atoms in total. The van der Waals surface area contributed by atoms with Crippen LogP contribution in [0.5, 0.6) is 0 Å². The Balaban J connectivity index is 1.97. The summed E-state index contributed by atoms with van der Waals surface area (Å²) in [6, 6.07) is 18.8. The number of hydrogen-bond donors (Lipinski definition) is 1. The van der Waals surface area contributed by atoms with Gasteiger partial charge in [-0.3, -0.25) is 0 Å². The molecule has 0 aliphatic carbocycles. The zero-order valence-corrected chi connectivity index (χ0v) is 12.6. The summed E-state index contributed by atoms with van der Waals surface area (Å²) in [6.07, 6.45) is 0. The first kappa shape index (κ1) is 13.7. The number of benzene rings is 2. The Morgan fingerprint density at radius 1 is 1.00 bits per heavy atom. The average Bonchev–Trinajstić information content (AvgIpc) is 2.92. The third-order valence-electron chi connectivity index (χ3n) is 3.76. The molecule has 1 aromatic heterocycles. The molecule has 0 aliphatic rings. The molecule has 1 heterocycles. The maximum Gasteiger partial charge on any atom is 0.134 e. The van der Waals surface area contributed by atoms with Crippen molar-refractivity contribution in [2.75, 3.05) is 26.0 Å². The fourth-order valence-electron chi connectivity index (χ4n) is 2.58. The van der Waals surface area contributed by atoms with Crippen molar-refractivity contribution in [3.8, 4) is 0 Å². The Hall–Kier alpha value is -2.26. The number of nitrogens with zero attached hydrogens (tertiary/aromatic N) is 1. The first-order valence-corrected chi connectivity index (χ1v) is 7.12. The van der Waals surface area contributed by atoms with E-state index in [0.29, 0.717) is 0 Å². The van der Waals surface area contributed by atoms with Crippen LogP contribution < -0.4 is 10.2 Å². The largest absolute Gasteiger partial charge is 0.459 e. The maximum atomic E-state index is 5.98. The lowest BCUT2D eigenvalue weighted by molar-refractivity contribution is 0.491. The Labute approximate surface area is 125 Å². The van der Waals surface area contributed by atoms with Gasteiger partial charge < -0.3 is 14.6 Å². The van der Waals surface area contributed by atoms with Crippen molar-refractivity contribution in [3.05, 3.63) is 65.9 Å². The van der Waals surface area contributed by atoms with Gasteiger partial charge in [0.25, 0.3) is 0 Å². The molecule has 0 fully saturated rings. The van der Waals surface area contributed by atoms with Gasteiger partial charge in [0.2, 0.25) is 0 Å². The number of para-hydroxylation sites is 1. The van der Waals surface area contributed by atoms with Gasteiger partial charge in [-0.25, -0.2) is 0 Å². The van der Waals surface area contributed by atoms with Crippen molar-refractivity contribution in [1.82, 2.24) is 5.32 Å². The van der Waals surface area contributed by atoms with Crippen LogP contribution in [0.15, 0.2) is 59.0 Å². The van der Waals surface area contributed by atoms with Gasteiger partial charge in [-0.2, -0.15) is 0 Å². The van der Waals surface area contributed by atoms with Gasteiger partial charge >= 0.3 is 0 Å². The molecule has 3 rings (SSSR count). The smallest absolute Gasteiger partial charge is 0.134 e. The van der Waals surface area contributed by atoms with E-state index in [1.807, 2.05) is 39.3 Å².